The third kappa shape index (κ3) is 4.17. The van der Waals surface area contributed by atoms with Crippen LogP contribution in [-0.4, -0.2) is 44.3 Å². The SMILES string of the molecule is COC[C@H]1CCCCN1C(=O)Nc1cc(-c2ccccc2)ccc1OC. The molecule has 5 nitrogen and oxygen atoms in total. The van der Waals surface area contributed by atoms with Gasteiger partial charge in [-0.25, -0.2) is 4.79 Å². The number of urea groups is 1. The first-order valence-corrected chi connectivity index (χ1v) is 9.03. The Kier molecular flexibility index (Phi) is 6.12. The fourth-order valence-corrected chi connectivity index (χ4v) is 3.44. The van der Waals surface area contributed by atoms with Crippen molar-refractivity contribution in [2.24, 2.45) is 0 Å². The Morgan fingerprint density at radius 2 is 1.92 bits per heavy atom. The normalized spacial score (nSPS) is 17.0. The second-order valence-corrected chi connectivity index (χ2v) is 6.51. The van der Waals surface area contributed by atoms with Crippen molar-refractivity contribution in [3.8, 4) is 16.9 Å². The Morgan fingerprint density at radius 3 is 2.65 bits per heavy atom. The molecule has 2 amide bonds. The fraction of sp³-hybridized carbons (Fsp3) is 0.381. The molecule has 0 spiro atoms. The lowest BCUT2D eigenvalue weighted by atomic mass is 10.0. The standard InChI is InChI=1S/C21H26N2O3/c1-25-15-18-10-6-7-13-23(18)21(24)22-19-14-17(11-12-20(19)26-2)16-8-4-3-5-9-16/h3-5,8-9,11-12,14,18H,6-7,10,13,15H2,1-2H3,(H,22,24)/t18-/m1/s1. The number of carbonyl (C=O) groups excluding carboxylic acids is 1. The Labute approximate surface area is 154 Å². The van der Waals surface area contributed by atoms with E-state index in [1.54, 1.807) is 14.2 Å². The summed E-state index contributed by atoms with van der Waals surface area (Å²) >= 11 is 0. The average molecular weight is 354 g/mol. The van der Waals surface area contributed by atoms with Crippen LogP contribution < -0.4 is 10.1 Å². The number of hydrogen-bond acceptors (Lipinski definition) is 3. The van der Waals surface area contributed by atoms with E-state index < -0.39 is 0 Å². The van der Waals surface area contributed by atoms with Crippen molar-refractivity contribution in [2.45, 2.75) is 25.3 Å². The van der Waals surface area contributed by atoms with Crippen molar-refractivity contribution < 1.29 is 14.3 Å². The van der Waals surface area contributed by atoms with Gasteiger partial charge < -0.3 is 19.7 Å². The van der Waals surface area contributed by atoms with Gasteiger partial charge in [-0.05, 0) is 42.5 Å². The maximum Gasteiger partial charge on any atom is 0.322 e. The number of rotatable bonds is 5. The van der Waals surface area contributed by atoms with Crippen molar-refractivity contribution in [1.29, 1.82) is 0 Å². The molecule has 2 aromatic rings. The van der Waals surface area contributed by atoms with E-state index in [1.807, 2.05) is 53.4 Å². The van der Waals surface area contributed by atoms with Gasteiger partial charge in [-0.2, -0.15) is 0 Å². The highest BCUT2D eigenvalue weighted by atomic mass is 16.5. The zero-order valence-corrected chi connectivity index (χ0v) is 15.4. The lowest BCUT2D eigenvalue weighted by Gasteiger charge is -2.35. The van der Waals surface area contributed by atoms with Gasteiger partial charge in [0.05, 0.1) is 25.4 Å². The number of nitrogens with zero attached hydrogens (tertiary/aromatic N) is 1. The zero-order valence-electron chi connectivity index (χ0n) is 15.4. The lowest BCUT2D eigenvalue weighted by Crippen LogP contribution is -2.47. The highest BCUT2D eigenvalue weighted by Gasteiger charge is 2.27. The molecule has 1 N–H and O–H groups in total. The second-order valence-electron chi connectivity index (χ2n) is 6.51. The van der Waals surface area contributed by atoms with Crippen molar-refractivity contribution in [1.82, 2.24) is 4.90 Å². The first-order chi connectivity index (χ1) is 12.7. The number of piperidine rings is 1. The van der Waals surface area contributed by atoms with Crippen LogP contribution in [0.25, 0.3) is 11.1 Å². The van der Waals surface area contributed by atoms with Crippen LogP contribution in [0.4, 0.5) is 10.5 Å². The molecule has 0 bridgehead atoms. The Bertz CT molecular complexity index is 731. The minimum absolute atomic E-state index is 0.102. The van der Waals surface area contributed by atoms with Crippen molar-refractivity contribution in [3.05, 3.63) is 48.5 Å². The first kappa shape index (κ1) is 18.3. The topological polar surface area (TPSA) is 50.8 Å². The van der Waals surface area contributed by atoms with Crippen molar-refractivity contribution in [2.75, 3.05) is 32.7 Å². The summed E-state index contributed by atoms with van der Waals surface area (Å²) in [5.74, 6) is 0.651. The van der Waals surface area contributed by atoms with Crippen molar-refractivity contribution >= 4 is 11.7 Å². The van der Waals surface area contributed by atoms with Crippen LogP contribution in [-0.2, 0) is 4.74 Å². The molecule has 0 radical (unpaired) electrons. The van der Waals surface area contributed by atoms with E-state index in [2.05, 4.69) is 5.32 Å². The molecule has 0 aromatic heterocycles. The van der Waals surface area contributed by atoms with E-state index in [4.69, 9.17) is 9.47 Å². The van der Waals surface area contributed by atoms with E-state index in [9.17, 15) is 4.79 Å². The van der Waals surface area contributed by atoms with Gasteiger partial charge in [-0.15, -0.1) is 0 Å². The van der Waals surface area contributed by atoms with E-state index >= 15 is 0 Å². The van der Waals surface area contributed by atoms with Gasteiger partial charge in [0, 0.05) is 13.7 Å². The smallest absolute Gasteiger partial charge is 0.322 e. The Hall–Kier alpha value is -2.53. The lowest BCUT2D eigenvalue weighted by molar-refractivity contribution is 0.0877. The van der Waals surface area contributed by atoms with Crippen LogP contribution in [0.2, 0.25) is 0 Å². The molecule has 1 aliphatic heterocycles. The summed E-state index contributed by atoms with van der Waals surface area (Å²) in [6, 6.07) is 16.0. The number of hydrogen-bond donors (Lipinski definition) is 1. The predicted octanol–water partition coefficient (Wildman–Crippen LogP) is 4.40. The Morgan fingerprint density at radius 1 is 1.12 bits per heavy atom. The molecule has 3 rings (SSSR count). The molecule has 1 saturated heterocycles. The molecule has 0 aliphatic carbocycles. The second kappa shape index (κ2) is 8.72. The summed E-state index contributed by atoms with van der Waals surface area (Å²) < 4.78 is 10.7. The van der Waals surface area contributed by atoms with Crippen molar-refractivity contribution in [3.63, 3.8) is 0 Å². The van der Waals surface area contributed by atoms with E-state index in [0.29, 0.717) is 18.0 Å². The number of benzene rings is 2. The summed E-state index contributed by atoms with van der Waals surface area (Å²) in [5, 5.41) is 3.04. The number of likely N-dealkylation sites (tertiary alicyclic amines) is 1. The highest BCUT2D eigenvalue weighted by molar-refractivity contribution is 5.92. The molecule has 138 valence electrons. The number of methoxy groups -OCH3 is 2. The van der Waals surface area contributed by atoms with E-state index in [1.165, 1.54) is 0 Å². The van der Waals surface area contributed by atoms with Gasteiger partial charge in [0.2, 0.25) is 0 Å². The predicted molar refractivity (Wildman–Crippen MR) is 104 cm³/mol. The van der Waals surface area contributed by atoms with Gasteiger partial charge in [0.25, 0.3) is 0 Å². The summed E-state index contributed by atoms with van der Waals surface area (Å²) in [4.78, 5) is 14.7. The van der Waals surface area contributed by atoms with Crippen LogP contribution in [0.15, 0.2) is 48.5 Å². The van der Waals surface area contributed by atoms with E-state index in [-0.39, 0.29) is 12.1 Å². The van der Waals surface area contributed by atoms with Crippen LogP contribution in [0.5, 0.6) is 5.75 Å². The fourth-order valence-electron chi connectivity index (χ4n) is 3.44. The summed E-state index contributed by atoms with van der Waals surface area (Å²) in [6.07, 6.45) is 3.13. The van der Waals surface area contributed by atoms with E-state index in [0.717, 1.165) is 36.9 Å². The summed E-state index contributed by atoms with van der Waals surface area (Å²) in [6.45, 7) is 1.31. The van der Waals surface area contributed by atoms with Crippen LogP contribution in [0.1, 0.15) is 19.3 Å². The molecule has 0 saturated carbocycles. The number of carbonyl (C=O) groups is 1. The Balaban J connectivity index is 1.82. The first-order valence-electron chi connectivity index (χ1n) is 9.03. The maximum absolute atomic E-state index is 12.9. The number of ether oxygens (including phenoxy) is 2. The molecule has 5 heteroatoms. The van der Waals surface area contributed by atoms with Crippen LogP contribution in [0.3, 0.4) is 0 Å². The monoisotopic (exact) mass is 354 g/mol. The third-order valence-corrected chi connectivity index (χ3v) is 4.80. The minimum Gasteiger partial charge on any atom is -0.495 e. The number of nitrogens with one attached hydrogen (secondary N) is 1. The molecule has 0 unspecified atom stereocenters. The molecule has 1 fully saturated rings. The number of anilines is 1. The van der Waals surface area contributed by atoms with Gasteiger partial charge in [-0.3, -0.25) is 0 Å². The van der Waals surface area contributed by atoms with Gasteiger partial charge >= 0.3 is 6.03 Å². The highest BCUT2D eigenvalue weighted by Crippen LogP contribution is 2.31. The summed E-state index contributed by atoms with van der Waals surface area (Å²) in [7, 11) is 3.29. The quantitative estimate of drug-likeness (QED) is 0.866. The van der Waals surface area contributed by atoms with Gasteiger partial charge in [0.15, 0.2) is 0 Å². The largest absolute Gasteiger partial charge is 0.495 e. The molecule has 1 heterocycles. The van der Waals surface area contributed by atoms with Crippen LogP contribution >= 0.6 is 0 Å². The molecule has 2 aromatic carbocycles. The molecule has 1 aliphatic rings. The third-order valence-electron chi connectivity index (χ3n) is 4.80. The van der Waals surface area contributed by atoms with Crippen LogP contribution in [0, 0.1) is 0 Å². The average Bonchev–Trinajstić information content (AvgIpc) is 2.69. The molecular weight excluding hydrogens is 328 g/mol. The maximum atomic E-state index is 12.9. The number of amides is 2. The minimum atomic E-state index is -0.102. The van der Waals surface area contributed by atoms with Gasteiger partial charge in [-0.1, -0.05) is 36.4 Å². The zero-order chi connectivity index (χ0) is 18.4. The van der Waals surface area contributed by atoms with Gasteiger partial charge in [0.1, 0.15) is 5.75 Å². The molecular formula is C21H26N2O3. The molecule has 26 heavy (non-hydrogen) atoms. The molecule has 1 atom stereocenters. The summed E-state index contributed by atoms with van der Waals surface area (Å²) in [5.41, 5.74) is 2.82.